The largest absolute Gasteiger partial charge is 3.00 e. The Balaban J connectivity index is 0. The molecule has 7 heteroatoms. The summed E-state index contributed by atoms with van der Waals surface area (Å²) in [5, 5.41) is 11.6. The molecule has 1 N–H and O–H groups in total. The van der Waals surface area contributed by atoms with E-state index in [0.29, 0.717) is 11.3 Å². The molecule has 3 aromatic rings. The monoisotopic (exact) mass is 611 g/mol. The number of hydrogen-bond acceptors (Lipinski definition) is 3. The van der Waals surface area contributed by atoms with E-state index in [1.807, 2.05) is 32.0 Å². The molecule has 0 atom stereocenters. The third kappa shape index (κ3) is 7.80. The molecule has 0 bridgehead atoms. The molecular weight excluding hydrogens is 575 g/mol. The number of rotatable bonds is 3. The molecule has 0 amide bonds. The van der Waals surface area contributed by atoms with E-state index in [4.69, 9.17) is 4.74 Å². The summed E-state index contributed by atoms with van der Waals surface area (Å²) < 4.78 is 6.20. The maximum absolute atomic E-state index is 13.3. The number of halogens is 3. The third-order valence-corrected chi connectivity index (χ3v) is 6.69. The molecule has 0 aliphatic heterocycles. The zero-order valence-corrected chi connectivity index (χ0v) is 27.8. The van der Waals surface area contributed by atoms with Crippen LogP contribution < -0.4 is 42.0 Å². The average Bonchev–Trinajstić information content (AvgIpc) is 2.74. The first-order valence-electron chi connectivity index (χ1n) is 11.9. The quantitative estimate of drug-likeness (QED) is 0.238. The van der Waals surface area contributed by atoms with Gasteiger partial charge in [0.05, 0.1) is 5.56 Å². The number of aryl methyl sites for hydroxylation is 2. The molecule has 0 aliphatic rings. The van der Waals surface area contributed by atoms with Crippen molar-refractivity contribution in [2.45, 2.75) is 80.1 Å². The predicted molar refractivity (Wildman–Crippen MR) is 141 cm³/mol. The summed E-state index contributed by atoms with van der Waals surface area (Å²) >= 11 is 0. The molecule has 3 aromatic carbocycles. The molecule has 38 heavy (non-hydrogen) atoms. The number of esters is 1. The van der Waals surface area contributed by atoms with Crippen molar-refractivity contribution in [3.63, 3.8) is 0 Å². The Labute approximate surface area is 262 Å². The molecule has 0 unspecified atom stereocenters. The molecule has 3 nitrogen and oxygen atoms in total. The number of carbonyl (C=O) groups is 1. The third-order valence-electron chi connectivity index (χ3n) is 6.69. The fourth-order valence-corrected chi connectivity index (χ4v) is 4.36. The van der Waals surface area contributed by atoms with Gasteiger partial charge in [0.15, 0.2) is 0 Å². The molecule has 0 fully saturated rings. The van der Waals surface area contributed by atoms with Crippen LogP contribution in [0.15, 0.2) is 42.5 Å². The number of carbonyl (C=O) groups excluding carboxylic acids is 1. The molecule has 0 saturated carbocycles. The second-order valence-electron chi connectivity index (χ2n) is 11.4. The normalized spacial score (nSPS) is 10.8. The van der Waals surface area contributed by atoms with Crippen LogP contribution in [0.5, 0.6) is 11.5 Å². The van der Waals surface area contributed by atoms with E-state index >= 15 is 0 Å². The maximum Gasteiger partial charge on any atom is 3.00 e. The van der Waals surface area contributed by atoms with Crippen molar-refractivity contribution >= 4 is 5.97 Å². The van der Waals surface area contributed by atoms with Crippen LogP contribution >= 0.6 is 0 Å². The summed E-state index contributed by atoms with van der Waals surface area (Å²) in [4.78, 5) is 13.3. The standard InChI is InChI=1S/C31H38O3.3ClH.Ti/c1-18-16-23(30(5,6)7)27(32)25(20(18)3)26-21(4)19(2)17-24(31(8,9)10)28(26)34-29(33)22-14-12-11-13-15-22;;;;/h11-17,32H,1-10H3;3*1H;/q;;;;+3/p-3. The summed E-state index contributed by atoms with van der Waals surface area (Å²) in [6.07, 6.45) is 0. The molecule has 205 valence electrons. The van der Waals surface area contributed by atoms with Gasteiger partial charge in [0.2, 0.25) is 0 Å². The SMILES string of the molecule is Cc1cc(C(C)(C)C)c(O)c(-c2c(C)c(C)cc(C(C)(C)C)c2OC(=O)c2ccccc2)c1C.[Cl-].[Cl-].[Cl-].[Ti+3]. The summed E-state index contributed by atoms with van der Waals surface area (Å²) in [5.41, 5.74) is 7.48. The van der Waals surface area contributed by atoms with Crippen LogP contribution in [0, 0.1) is 27.7 Å². The molecular formula is C31H38Cl3O3Ti. The summed E-state index contributed by atoms with van der Waals surface area (Å²) in [7, 11) is 0. The van der Waals surface area contributed by atoms with Crippen LogP contribution in [0.2, 0.25) is 0 Å². The molecule has 0 spiro atoms. The van der Waals surface area contributed by atoms with Crippen molar-refractivity contribution in [1.29, 1.82) is 0 Å². The van der Waals surface area contributed by atoms with Crippen LogP contribution in [0.25, 0.3) is 11.1 Å². The average molecular weight is 613 g/mol. The van der Waals surface area contributed by atoms with Gasteiger partial charge >= 0.3 is 27.7 Å². The Hall–Kier alpha value is -1.49. The Morgan fingerprint density at radius 3 is 1.58 bits per heavy atom. The van der Waals surface area contributed by atoms with Crippen molar-refractivity contribution in [1.82, 2.24) is 0 Å². The van der Waals surface area contributed by atoms with E-state index < -0.39 is 5.97 Å². The van der Waals surface area contributed by atoms with E-state index in [1.165, 1.54) is 0 Å². The second kappa shape index (κ2) is 14.2. The van der Waals surface area contributed by atoms with Gasteiger partial charge in [-0.3, -0.25) is 0 Å². The first-order valence-corrected chi connectivity index (χ1v) is 11.9. The summed E-state index contributed by atoms with van der Waals surface area (Å²) in [6, 6.07) is 13.2. The van der Waals surface area contributed by atoms with Crippen molar-refractivity contribution in [3.8, 4) is 22.6 Å². The van der Waals surface area contributed by atoms with Crippen LogP contribution in [0.3, 0.4) is 0 Å². The van der Waals surface area contributed by atoms with Gasteiger partial charge in [-0.15, -0.1) is 0 Å². The van der Waals surface area contributed by atoms with Crippen LogP contribution in [-0.2, 0) is 32.5 Å². The predicted octanol–water partition coefficient (Wildman–Crippen LogP) is -0.883. The van der Waals surface area contributed by atoms with Crippen LogP contribution in [-0.4, -0.2) is 11.1 Å². The number of phenols is 1. The van der Waals surface area contributed by atoms with Crippen LogP contribution in [0.1, 0.15) is 85.3 Å². The first kappa shape index (κ1) is 38.7. The summed E-state index contributed by atoms with van der Waals surface area (Å²) in [6.45, 7) is 20.8. The fraction of sp³-hybridized carbons (Fsp3) is 0.387. The Bertz CT molecular complexity index is 1260. The molecule has 0 aromatic heterocycles. The fourth-order valence-electron chi connectivity index (χ4n) is 4.36. The number of phenolic OH excluding ortho intramolecular Hbond substituents is 1. The minimum atomic E-state index is -0.406. The van der Waals surface area contributed by atoms with Gasteiger partial charge in [-0.2, -0.15) is 0 Å². The van der Waals surface area contributed by atoms with E-state index in [-0.39, 0.29) is 75.5 Å². The second-order valence-corrected chi connectivity index (χ2v) is 11.4. The smallest absolute Gasteiger partial charge is 1.00 e. The maximum atomic E-state index is 13.3. The minimum absolute atomic E-state index is 0. The van der Waals surface area contributed by atoms with Gasteiger partial charge in [0.25, 0.3) is 0 Å². The zero-order valence-electron chi connectivity index (χ0n) is 23.9. The van der Waals surface area contributed by atoms with E-state index in [2.05, 4.69) is 67.5 Å². The van der Waals surface area contributed by atoms with Gasteiger partial charge in [-0.05, 0) is 72.9 Å². The summed E-state index contributed by atoms with van der Waals surface area (Å²) in [5.74, 6) is 0.367. The van der Waals surface area contributed by atoms with Crippen LogP contribution in [0.4, 0.5) is 0 Å². The topological polar surface area (TPSA) is 46.5 Å². The van der Waals surface area contributed by atoms with Gasteiger partial charge in [-0.25, -0.2) is 4.79 Å². The van der Waals surface area contributed by atoms with E-state index in [9.17, 15) is 9.90 Å². The van der Waals surface area contributed by atoms with Crippen molar-refractivity contribution < 1.29 is 73.6 Å². The number of hydrogen-bond donors (Lipinski definition) is 1. The first-order chi connectivity index (χ1) is 15.6. The van der Waals surface area contributed by atoms with E-state index in [0.717, 1.165) is 44.5 Å². The Kier molecular flexibility index (Phi) is 14.5. The Morgan fingerprint density at radius 2 is 1.13 bits per heavy atom. The van der Waals surface area contributed by atoms with Gasteiger partial charge in [0, 0.05) is 22.3 Å². The van der Waals surface area contributed by atoms with Crippen molar-refractivity contribution in [2.75, 3.05) is 0 Å². The number of benzene rings is 3. The molecule has 3 rings (SSSR count). The molecule has 0 aliphatic carbocycles. The van der Waals surface area contributed by atoms with Crippen molar-refractivity contribution in [2.24, 2.45) is 0 Å². The van der Waals surface area contributed by atoms with Crippen molar-refractivity contribution in [3.05, 3.63) is 81.4 Å². The zero-order chi connectivity index (χ0) is 25.6. The number of aromatic hydroxyl groups is 1. The molecule has 0 saturated heterocycles. The minimum Gasteiger partial charge on any atom is -1.00 e. The van der Waals surface area contributed by atoms with Gasteiger partial charge in [0.1, 0.15) is 11.5 Å². The van der Waals surface area contributed by atoms with Gasteiger partial charge < -0.3 is 47.1 Å². The number of ether oxygens (including phenoxy) is 1. The molecule has 0 heterocycles. The van der Waals surface area contributed by atoms with Gasteiger partial charge in [-0.1, -0.05) is 71.9 Å². The van der Waals surface area contributed by atoms with E-state index in [1.54, 1.807) is 12.1 Å². The Morgan fingerprint density at radius 1 is 0.711 bits per heavy atom. The molecule has 1 radical (unpaired) electrons.